The molecule has 0 amide bonds. The maximum Gasteiger partial charge on any atom is 0.106 e. The third-order valence-corrected chi connectivity index (χ3v) is 4.78. The highest BCUT2D eigenvalue weighted by Crippen LogP contribution is 2.14. The van der Waals surface area contributed by atoms with Gasteiger partial charge in [0.15, 0.2) is 0 Å². The van der Waals surface area contributed by atoms with E-state index in [-0.39, 0.29) is 0 Å². The van der Waals surface area contributed by atoms with Crippen molar-refractivity contribution in [3.05, 3.63) is 0 Å². The third kappa shape index (κ3) is 4.90. The van der Waals surface area contributed by atoms with Gasteiger partial charge in [0, 0.05) is 13.2 Å². The van der Waals surface area contributed by atoms with Crippen LogP contribution in [0.2, 0.25) is 12.1 Å². The Labute approximate surface area is 77.2 Å². The zero-order valence-corrected chi connectivity index (χ0v) is 9.08. The molecule has 2 nitrogen and oxygen atoms in total. The highest BCUT2D eigenvalue weighted by Gasteiger charge is 2.08. The lowest BCUT2D eigenvalue weighted by molar-refractivity contribution is 0.198. The summed E-state index contributed by atoms with van der Waals surface area (Å²) in [6.07, 6.45) is 6.85. The smallest absolute Gasteiger partial charge is 0.106 e. The van der Waals surface area contributed by atoms with E-state index in [1.54, 1.807) is 0 Å². The van der Waals surface area contributed by atoms with Crippen LogP contribution in [0.1, 0.15) is 32.1 Å². The average molecular weight is 187 g/mol. The summed E-state index contributed by atoms with van der Waals surface area (Å²) >= 11 is 0. The minimum atomic E-state index is -0.595. The van der Waals surface area contributed by atoms with Crippen molar-refractivity contribution < 1.29 is 4.74 Å². The molecule has 0 bridgehead atoms. The molecule has 0 radical (unpaired) electrons. The van der Waals surface area contributed by atoms with Crippen LogP contribution < -0.4 is 5.40 Å². The van der Waals surface area contributed by atoms with Crippen LogP contribution in [0, 0.1) is 0 Å². The Morgan fingerprint density at radius 2 is 1.42 bits per heavy atom. The average Bonchev–Trinajstić information content (AvgIpc) is 2.62. The van der Waals surface area contributed by atoms with Crippen LogP contribution in [0.15, 0.2) is 0 Å². The van der Waals surface area contributed by atoms with Gasteiger partial charge in [0.1, 0.15) is 8.96 Å². The van der Waals surface area contributed by atoms with Crippen LogP contribution in [0.3, 0.4) is 0 Å². The second kappa shape index (κ2) is 6.63. The normalized spacial score (nSPS) is 24.8. The van der Waals surface area contributed by atoms with Gasteiger partial charge in [0.25, 0.3) is 0 Å². The van der Waals surface area contributed by atoms with Crippen molar-refractivity contribution in [2.45, 2.75) is 44.2 Å². The van der Waals surface area contributed by atoms with Crippen molar-refractivity contribution in [1.29, 1.82) is 0 Å². The summed E-state index contributed by atoms with van der Waals surface area (Å²) in [4.78, 5) is 0. The predicted molar refractivity (Wildman–Crippen MR) is 54.9 cm³/mol. The molecule has 2 saturated heterocycles. The van der Waals surface area contributed by atoms with Crippen LogP contribution in [-0.2, 0) is 4.74 Å². The SMILES string of the molecule is C1CCOC1.N[SiH]1CCCCC1. The van der Waals surface area contributed by atoms with Crippen molar-refractivity contribution in [2.24, 2.45) is 5.40 Å². The summed E-state index contributed by atoms with van der Waals surface area (Å²) in [6, 6.07) is 2.81. The van der Waals surface area contributed by atoms with Crippen LogP contribution in [0.5, 0.6) is 0 Å². The summed E-state index contributed by atoms with van der Waals surface area (Å²) in [6.45, 7) is 2.00. The second-order valence-corrected chi connectivity index (χ2v) is 6.39. The molecule has 2 heterocycles. The molecule has 3 heteroatoms. The van der Waals surface area contributed by atoms with Crippen LogP contribution in [0.25, 0.3) is 0 Å². The van der Waals surface area contributed by atoms with Gasteiger partial charge in [-0.3, -0.25) is 0 Å². The molecular formula is C9H21NOSi. The van der Waals surface area contributed by atoms with Gasteiger partial charge in [-0.05, 0) is 24.9 Å². The van der Waals surface area contributed by atoms with Crippen molar-refractivity contribution in [1.82, 2.24) is 0 Å². The molecule has 12 heavy (non-hydrogen) atoms. The summed E-state index contributed by atoms with van der Waals surface area (Å²) in [5.74, 6) is 0. The summed E-state index contributed by atoms with van der Waals surface area (Å²) in [5, 5.41) is 5.77. The van der Waals surface area contributed by atoms with E-state index < -0.39 is 8.96 Å². The molecule has 2 fully saturated rings. The van der Waals surface area contributed by atoms with Crippen LogP contribution in [-0.4, -0.2) is 22.2 Å². The fraction of sp³-hybridized carbons (Fsp3) is 1.00. The number of rotatable bonds is 0. The molecule has 2 rings (SSSR count). The molecule has 0 unspecified atom stereocenters. The van der Waals surface area contributed by atoms with E-state index >= 15 is 0 Å². The molecule has 0 aromatic carbocycles. The van der Waals surface area contributed by atoms with E-state index in [1.165, 1.54) is 44.2 Å². The third-order valence-electron chi connectivity index (χ3n) is 2.48. The van der Waals surface area contributed by atoms with Gasteiger partial charge < -0.3 is 10.1 Å². The van der Waals surface area contributed by atoms with Crippen LogP contribution in [0.4, 0.5) is 0 Å². The molecule has 0 aromatic heterocycles. The highest BCUT2D eigenvalue weighted by molar-refractivity contribution is 6.55. The Morgan fingerprint density at radius 1 is 0.833 bits per heavy atom. The molecule has 2 aliphatic rings. The van der Waals surface area contributed by atoms with E-state index in [0.29, 0.717) is 0 Å². The molecule has 0 atom stereocenters. The Hall–Kier alpha value is 0.137. The van der Waals surface area contributed by atoms with E-state index in [4.69, 9.17) is 10.1 Å². The fourth-order valence-corrected chi connectivity index (χ4v) is 3.56. The fourth-order valence-electron chi connectivity index (χ4n) is 1.64. The number of hydrogen-bond acceptors (Lipinski definition) is 2. The first kappa shape index (κ1) is 10.2. The lowest BCUT2D eigenvalue weighted by Crippen LogP contribution is -2.26. The molecular weight excluding hydrogens is 166 g/mol. The summed E-state index contributed by atoms with van der Waals surface area (Å²) in [7, 11) is -0.595. The Bertz CT molecular complexity index is 93.1. The Kier molecular flexibility index (Phi) is 5.65. The maximum absolute atomic E-state index is 5.77. The quantitative estimate of drug-likeness (QED) is 0.585. The van der Waals surface area contributed by atoms with Gasteiger partial charge in [0.05, 0.1) is 0 Å². The van der Waals surface area contributed by atoms with Crippen molar-refractivity contribution in [3.8, 4) is 0 Å². The topological polar surface area (TPSA) is 35.2 Å². The Balaban J connectivity index is 0.000000127. The van der Waals surface area contributed by atoms with Gasteiger partial charge in [-0.25, -0.2) is 0 Å². The molecule has 0 saturated carbocycles. The molecule has 2 aliphatic heterocycles. The predicted octanol–water partition coefficient (Wildman–Crippen LogP) is 1.65. The standard InChI is InChI=1S/C5H13NSi.C4H8O/c6-7-4-2-1-3-5-7;1-2-4-5-3-1/h7H,1-6H2;1-4H2. The van der Waals surface area contributed by atoms with E-state index in [9.17, 15) is 0 Å². The first-order valence-corrected chi connectivity index (χ1v) is 7.53. The van der Waals surface area contributed by atoms with Crippen molar-refractivity contribution >= 4 is 8.96 Å². The monoisotopic (exact) mass is 187 g/mol. The first-order valence-electron chi connectivity index (χ1n) is 5.23. The van der Waals surface area contributed by atoms with E-state index in [2.05, 4.69) is 0 Å². The van der Waals surface area contributed by atoms with Gasteiger partial charge in [-0.1, -0.05) is 19.3 Å². The number of nitrogens with two attached hydrogens (primary N) is 1. The van der Waals surface area contributed by atoms with E-state index in [1.807, 2.05) is 0 Å². The molecule has 0 spiro atoms. The lowest BCUT2D eigenvalue weighted by Gasteiger charge is -2.13. The summed E-state index contributed by atoms with van der Waals surface area (Å²) < 4.78 is 4.94. The number of hydrogen-bond donors (Lipinski definition) is 1. The van der Waals surface area contributed by atoms with Gasteiger partial charge in [0.2, 0.25) is 0 Å². The maximum atomic E-state index is 5.77. The minimum absolute atomic E-state index is 0.595. The summed E-state index contributed by atoms with van der Waals surface area (Å²) in [5.41, 5.74) is 0. The second-order valence-electron chi connectivity index (χ2n) is 3.72. The van der Waals surface area contributed by atoms with Gasteiger partial charge >= 0.3 is 0 Å². The van der Waals surface area contributed by atoms with Crippen LogP contribution >= 0.6 is 0 Å². The Morgan fingerprint density at radius 3 is 1.67 bits per heavy atom. The molecule has 0 aliphatic carbocycles. The molecule has 0 aromatic rings. The van der Waals surface area contributed by atoms with Gasteiger partial charge in [-0.15, -0.1) is 0 Å². The van der Waals surface area contributed by atoms with Gasteiger partial charge in [-0.2, -0.15) is 0 Å². The van der Waals surface area contributed by atoms with Crippen molar-refractivity contribution in [2.75, 3.05) is 13.2 Å². The number of ether oxygens (including phenoxy) is 1. The zero-order valence-electron chi connectivity index (χ0n) is 7.93. The van der Waals surface area contributed by atoms with Crippen molar-refractivity contribution in [3.63, 3.8) is 0 Å². The van der Waals surface area contributed by atoms with E-state index in [0.717, 1.165) is 13.2 Å². The minimum Gasteiger partial charge on any atom is -0.381 e. The largest absolute Gasteiger partial charge is 0.381 e. The zero-order chi connectivity index (χ0) is 8.65. The lowest BCUT2D eigenvalue weighted by atomic mass is 10.3. The molecule has 72 valence electrons. The molecule has 2 N–H and O–H groups in total. The highest BCUT2D eigenvalue weighted by atomic mass is 28.3. The first-order chi connectivity index (χ1) is 5.89.